The maximum atomic E-state index is 12.2. The number of rotatable bonds is 7. The molecule has 1 aliphatic rings. The molecule has 1 atom stereocenters. The standard InChI is InChI=1S/C21H23NO5/c1-15-3-5-17(6-4-15)22-14-16(13-20(22)23)21(24)27-12-11-26-19-9-7-18(25-2)8-10-19/h3-10,16H,11-14H2,1-2H3. The van der Waals surface area contributed by atoms with Gasteiger partial charge in [-0.15, -0.1) is 0 Å². The third kappa shape index (κ3) is 4.78. The molecular formula is C21H23NO5. The molecule has 0 aromatic heterocycles. The highest BCUT2D eigenvalue weighted by molar-refractivity contribution is 5.99. The molecular weight excluding hydrogens is 346 g/mol. The summed E-state index contributed by atoms with van der Waals surface area (Å²) < 4.78 is 15.9. The van der Waals surface area contributed by atoms with Crippen LogP contribution in [-0.2, 0) is 14.3 Å². The first-order valence-corrected chi connectivity index (χ1v) is 8.87. The Bertz CT molecular complexity index is 785. The monoisotopic (exact) mass is 369 g/mol. The summed E-state index contributed by atoms with van der Waals surface area (Å²) in [6.07, 6.45) is 0.173. The molecule has 2 aromatic carbocycles. The predicted octanol–water partition coefficient (Wildman–Crippen LogP) is 2.98. The zero-order valence-electron chi connectivity index (χ0n) is 15.5. The Labute approximate surface area is 158 Å². The van der Waals surface area contributed by atoms with Crippen molar-refractivity contribution in [2.45, 2.75) is 13.3 Å². The first-order valence-electron chi connectivity index (χ1n) is 8.87. The van der Waals surface area contributed by atoms with Gasteiger partial charge in [-0.25, -0.2) is 0 Å². The van der Waals surface area contributed by atoms with Gasteiger partial charge in [0.15, 0.2) is 0 Å². The van der Waals surface area contributed by atoms with Crippen molar-refractivity contribution in [3.8, 4) is 11.5 Å². The van der Waals surface area contributed by atoms with Gasteiger partial charge in [0.25, 0.3) is 0 Å². The number of ether oxygens (including phenoxy) is 3. The molecule has 2 aromatic rings. The van der Waals surface area contributed by atoms with E-state index < -0.39 is 5.92 Å². The zero-order chi connectivity index (χ0) is 19.2. The lowest BCUT2D eigenvalue weighted by molar-refractivity contribution is -0.149. The van der Waals surface area contributed by atoms with Crippen LogP contribution in [0.1, 0.15) is 12.0 Å². The van der Waals surface area contributed by atoms with Crippen LogP contribution in [0.15, 0.2) is 48.5 Å². The van der Waals surface area contributed by atoms with E-state index in [0.29, 0.717) is 12.3 Å². The zero-order valence-corrected chi connectivity index (χ0v) is 15.5. The van der Waals surface area contributed by atoms with Gasteiger partial charge >= 0.3 is 5.97 Å². The van der Waals surface area contributed by atoms with Crippen LogP contribution in [0.5, 0.6) is 11.5 Å². The number of carbonyl (C=O) groups excluding carboxylic acids is 2. The van der Waals surface area contributed by atoms with Gasteiger partial charge in [-0.2, -0.15) is 0 Å². The van der Waals surface area contributed by atoms with Crippen molar-refractivity contribution in [2.75, 3.05) is 31.8 Å². The second-order valence-corrected chi connectivity index (χ2v) is 6.43. The van der Waals surface area contributed by atoms with E-state index in [9.17, 15) is 9.59 Å². The summed E-state index contributed by atoms with van der Waals surface area (Å²) in [5, 5.41) is 0. The van der Waals surface area contributed by atoms with Crippen LogP contribution in [0.4, 0.5) is 5.69 Å². The number of benzene rings is 2. The predicted molar refractivity (Wildman–Crippen MR) is 101 cm³/mol. The highest BCUT2D eigenvalue weighted by Gasteiger charge is 2.36. The minimum absolute atomic E-state index is 0.0599. The molecule has 6 heteroatoms. The molecule has 1 saturated heterocycles. The van der Waals surface area contributed by atoms with Gasteiger partial charge in [0.1, 0.15) is 24.7 Å². The Morgan fingerprint density at radius 3 is 2.37 bits per heavy atom. The van der Waals surface area contributed by atoms with Crippen LogP contribution in [0.2, 0.25) is 0 Å². The molecule has 27 heavy (non-hydrogen) atoms. The highest BCUT2D eigenvalue weighted by atomic mass is 16.6. The van der Waals surface area contributed by atoms with E-state index in [1.54, 1.807) is 36.3 Å². The summed E-state index contributed by atoms with van der Waals surface area (Å²) in [6.45, 7) is 2.73. The van der Waals surface area contributed by atoms with Gasteiger partial charge in [0, 0.05) is 18.7 Å². The fraction of sp³-hybridized carbons (Fsp3) is 0.333. The third-order valence-corrected chi connectivity index (χ3v) is 4.46. The SMILES string of the molecule is COc1ccc(OCCOC(=O)C2CC(=O)N(c3ccc(C)cc3)C2)cc1. The fourth-order valence-corrected chi connectivity index (χ4v) is 2.93. The van der Waals surface area contributed by atoms with Crippen LogP contribution < -0.4 is 14.4 Å². The quantitative estimate of drug-likeness (QED) is 0.555. The van der Waals surface area contributed by atoms with Gasteiger partial charge in [-0.3, -0.25) is 9.59 Å². The molecule has 0 bridgehead atoms. The summed E-state index contributed by atoms with van der Waals surface area (Å²) in [7, 11) is 1.60. The second kappa shape index (κ2) is 8.58. The summed E-state index contributed by atoms with van der Waals surface area (Å²) >= 11 is 0. The number of hydrogen-bond donors (Lipinski definition) is 0. The first kappa shape index (κ1) is 18.8. The molecule has 1 amide bonds. The minimum Gasteiger partial charge on any atom is -0.497 e. The van der Waals surface area contributed by atoms with Crippen LogP contribution in [0.25, 0.3) is 0 Å². The summed E-state index contributed by atoms with van der Waals surface area (Å²) in [4.78, 5) is 26.1. The minimum atomic E-state index is -0.445. The van der Waals surface area contributed by atoms with Gasteiger partial charge in [-0.1, -0.05) is 17.7 Å². The topological polar surface area (TPSA) is 65.1 Å². The number of esters is 1. The van der Waals surface area contributed by atoms with Crippen molar-refractivity contribution in [1.82, 2.24) is 0 Å². The molecule has 0 radical (unpaired) electrons. The molecule has 142 valence electrons. The molecule has 1 heterocycles. The van der Waals surface area contributed by atoms with E-state index in [-0.39, 0.29) is 31.5 Å². The van der Waals surface area contributed by atoms with Gasteiger partial charge < -0.3 is 19.1 Å². The Hall–Kier alpha value is -3.02. The van der Waals surface area contributed by atoms with E-state index in [2.05, 4.69) is 0 Å². The largest absolute Gasteiger partial charge is 0.497 e. The first-order chi connectivity index (χ1) is 13.1. The van der Waals surface area contributed by atoms with E-state index in [1.807, 2.05) is 31.2 Å². The van der Waals surface area contributed by atoms with Crippen molar-refractivity contribution < 1.29 is 23.8 Å². The fourth-order valence-electron chi connectivity index (χ4n) is 2.93. The molecule has 0 saturated carbocycles. The number of nitrogens with zero attached hydrogens (tertiary/aromatic N) is 1. The number of amides is 1. The van der Waals surface area contributed by atoms with E-state index in [0.717, 1.165) is 17.0 Å². The van der Waals surface area contributed by atoms with Crippen LogP contribution in [0, 0.1) is 12.8 Å². The smallest absolute Gasteiger partial charge is 0.311 e. The Morgan fingerprint density at radius 2 is 1.70 bits per heavy atom. The average Bonchev–Trinajstić information content (AvgIpc) is 3.08. The van der Waals surface area contributed by atoms with E-state index in [4.69, 9.17) is 14.2 Å². The number of anilines is 1. The number of methoxy groups -OCH3 is 1. The highest BCUT2D eigenvalue weighted by Crippen LogP contribution is 2.26. The van der Waals surface area contributed by atoms with Crippen molar-refractivity contribution in [2.24, 2.45) is 5.92 Å². The van der Waals surface area contributed by atoms with Crippen molar-refractivity contribution in [3.05, 3.63) is 54.1 Å². The normalized spacial score (nSPS) is 16.3. The molecule has 0 spiro atoms. The number of carbonyl (C=O) groups is 2. The summed E-state index contributed by atoms with van der Waals surface area (Å²) in [5.41, 5.74) is 1.93. The molecule has 1 fully saturated rings. The summed E-state index contributed by atoms with van der Waals surface area (Å²) in [6, 6.07) is 14.9. The van der Waals surface area contributed by atoms with Crippen LogP contribution in [0.3, 0.4) is 0 Å². The molecule has 0 aliphatic carbocycles. The number of aryl methyl sites for hydroxylation is 1. The second-order valence-electron chi connectivity index (χ2n) is 6.43. The molecule has 3 rings (SSSR count). The lowest BCUT2D eigenvalue weighted by atomic mass is 10.1. The Balaban J connectivity index is 1.44. The van der Waals surface area contributed by atoms with Crippen molar-refractivity contribution in [1.29, 1.82) is 0 Å². The van der Waals surface area contributed by atoms with E-state index >= 15 is 0 Å². The van der Waals surface area contributed by atoms with Gasteiger partial charge in [-0.05, 0) is 43.3 Å². The molecule has 1 unspecified atom stereocenters. The average molecular weight is 369 g/mol. The van der Waals surface area contributed by atoms with E-state index in [1.165, 1.54) is 0 Å². The van der Waals surface area contributed by atoms with Crippen molar-refractivity contribution in [3.63, 3.8) is 0 Å². The maximum absolute atomic E-state index is 12.2. The maximum Gasteiger partial charge on any atom is 0.311 e. The lowest BCUT2D eigenvalue weighted by Crippen LogP contribution is -2.26. The Morgan fingerprint density at radius 1 is 1.04 bits per heavy atom. The Kier molecular flexibility index (Phi) is 5.96. The molecule has 6 nitrogen and oxygen atoms in total. The van der Waals surface area contributed by atoms with Crippen molar-refractivity contribution >= 4 is 17.6 Å². The lowest BCUT2D eigenvalue weighted by Gasteiger charge is -2.16. The summed E-state index contributed by atoms with van der Waals surface area (Å²) in [5.74, 6) is 0.553. The number of hydrogen-bond acceptors (Lipinski definition) is 5. The van der Waals surface area contributed by atoms with Crippen LogP contribution >= 0.6 is 0 Å². The molecule has 1 aliphatic heterocycles. The van der Waals surface area contributed by atoms with Gasteiger partial charge in [0.05, 0.1) is 13.0 Å². The van der Waals surface area contributed by atoms with Crippen LogP contribution in [-0.4, -0.2) is 38.7 Å². The van der Waals surface area contributed by atoms with Gasteiger partial charge in [0.2, 0.25) is 5.91 Å². The molecule has 0 N–H and O–H groups in total. The third-order valence-electron chi connectivity index (χ3n) is 4.46.